The summed E-state index contributed by atoms with van der Waals surface area (Å²) in [7, 11) is 0. The molecule has 5 heteroatoms. The average Bonchev–Trinajstić information content (AvgIpc) is 2.76. The van der Waals surface area contributed by atoms with Crippen LogP contribution in [0.4, 0.5) is 5.69 Å². The van der Waals surface area contributed by atoms with Gasteiger partial charge in [0.25, 0.3) is 5.91 Å². The monoisotopic (exact) mass is 288 g/mol. The number of hydrogen-bond donors (Lipinski definition) is 1. The zero-order chi connectivity index (χ0) is 15.0. The van der Waals surface area contributed by atoms with E-state index in [1.165, 1.54) is 17.4 Å². The third-order valence-corrected chi connectivity index (χ3v) is 4.38. The Hall–Kier alpha value is -1.88. The quantitative estimate of drug-likeness (QED) is 0.843. The van der Waals surface area contributed by atoms with E-state index in [9.17, 15) is 14.7 Å². The number of amides is 2. The van der Waals surface area contributed by atoms with Gasteiger partial charge in [0.2, 0.25) is 5.91 Å². The summed E-state index contributed by atoms with van der Waals surface area (Å²) in [6, 6.07) is 4.41. The molecular weight excluding hydrogens is 268 g/mol. The largest absolute Gasteiger partial charge is 0.508 e. The van der Waals surface area contributed by atoms with Crippen LogP contribution in [-0.4, -0.2) is 41.0 Å². The molecule has 2 amide bonds. The fourth-order valence-corrected chi connectivity index (χ4v) is 3.27. The molecule has 1 aromatic carbocycles. The highest BCUT2D eigenvalue weighted by Gasteiger charge is 2.43. The van der Waals surface area contributed by atoms with E-state index in [4.69, 9.17) is 0 Å². The van der Waals surface area contributed by atoms with Crippen molar-refractivity contribution in [3.63, 3.8) is 0 Å². The van der Waals surface area contributed by atoms with Crippen molar-refractivity contribution in [3.05, 3.63) is 23.8 Å². The van der Waals surface area contributed by atoms with Crippen molar-refractivity contribution in [2.45, 2.75) is 38.6 Å². The fraction of sp³-hybridized carbons (Fsp3) is 0.500. The van der Waals surface area contributed by atoms with Crippen molar-refractivity contribution in [1.82, 2.24) is 4.90 Å². The number of imide groups is 1. The maximum absolute atomic E-state index is 12.7. The summed E-state index contributed by atoms with van der Waals surface area (Å²) in [6.07, 6.45) is 3.65. The van der Waals surface area contributed by atoms with E-state index >= 15 is 0 Å². The number of aryl methyl sites for hydroxylation is 1. The molecule has 112 valence electrons. The molecule has 2 aliphatic rings. The van der Waals surface area contributed by atoms with Crippen LogP contribution in [0.2, 0.25) is 0 Å². The number of benzene rings is 1. The van der Waals surface area contributed by atoms with E-state index < -0.39 is 0 Å². The van der Waals surface area contributed by atoms with Crippen LogP contribution in [0.3, 0.4) is 0 Å². The van der Waals surface area contributed by atoms with Gasteiger partial charge in [-0.05, 0) is 56.6 Å². The highest BCUT2D eigenvalue weighted by Crippen LogP contribution is 2.31. The van der Waals surface area contributed by atoms with E-state index in [-0.39, 0.29) is 30.0 Å². The molecule has 0 aromatic heterocycles. The average molecular weight is 288 g/mol. The van der Waals surface area contributed by atoms with Crippen LogP contribution in [0.1, 0.15) is 31.2 Å². The third-order valence-electron chi connectivity index (χ3n) is 4.38. The number of nitrogens with zero attached hydrogens (tertiary/aromatic N) is 2. The first-order chi connectivity index (χ1) is 10.1. The number of piperidine rings is 1. The molecule has 1 N–H and O–H groups in total. The van der Waals surface area contributed by atoms with Crippen LogP contribution in [0.25, 0.3) is 0 Å². The number of phenols is 1. The van der Waals surface area contributed by atoms with Crippen molar-refractivity contribution in [1.29, 1.82) is 0 Å². The van der Waals surface area contributed by atoms with Crippen molar-refractivity contribution in [3.8, 4) is 5.75 Å². The molecule has 2 aliphatic heterocycles. The van der Waals surface area contributed by atoms with E-state index in [0.717, 1.165) is 31.5 Å². The van der Waals surface area contributed by atoms with Gasteiger partial charge >= 0.3 is 0 Å². The Bertz CT molecular complexity index is 579. The standard InChI is InChI=1S/C16H20N2O3/c1-11-9-12(19)5-6-13(11)18-15(20)10-14(16(18)21)17-7-3-2-4-8-17/h5-6,9,14,19H,2-4,7-8,10H2,1H3. The number of anilines is 1. The Morgan fingerprint density at radius 2 is 1.86 bits per heavy atom. The highest BCUT2D eigenvalue weighted by molar-refractivity contribution is 6.22. The van der Waals surface area contributed by atoms with Gasteiger partial charge in [0.15, 0.2) is 0 Å². The van der Waals surface area contributed by atoms with Crippen molar-refractivity contribution >= 4 is 17.5 Å². The normalized spacial score (nSPS) is 23.9. The van der Waals surface area contributed by atoms with Gasteiger partial charge in [-0.25, -0.2) is 4.90 Å². The lowest BCUT2D eigenvalue weighted by Crippen LogP contribution is -2.44. The highest BCUT2D eigenvalue weighted by atomic mass is 16.3. The fourth-order valence-electron chi connectivity index (χ4n) is 3.27. The first-order valence-corrected chi connectivity index (χ1v) is 7.48. The van der Waals surface area contributed by atoms with Gasteiger partial charge in [-0.15, -0.1) is 0 Å². The van der Waals surface area contributed by atoms with Gasteiger partial charge in [-0.3, -0.25) is 14.5 Å². The second-order valence-corrected chi connectivity index (χ2v) is 5.85. The number of rotatable bonds is 2. The molecule has 1 unspecified atom stereocenters. The second kappa shape index (κ2) is 5.48. The smallest absolute Gasteiger partial charge is 0.251 e. The van der Waals surface area contributed by atoms with E-state index in [0.29, 0.717) is 5.69 Å². The van der Waals surface area contributed by atoms with Crippen LogP contribution in [0.15, 0.2) is 18.2 Å². The molecule has 0 radical (unpaired) electrons. The Kier molecular flexibility index (Phi) is 3.68. The first-order valence-electron chi connectivity index (χ1n) is 7.48. The summed E-state index contributed by atoms with van der Waals surface area (Å²) in [5.74, 6) is -0.136. The molecule has 5 nitrogen and oxygen atoms in total. The lowest BCUT2D eigenvalue weighted by molar-refractivity contribution is -0.123. The van der Waals surface area contributed by atoms with Crippen LogP contribution >= 0.6 is 0 Å². The van der Waals surface area contributed by atoms with Crippen LogP contribution in [0.5, 0.6) is 5.75 Å². The summed E-state index contributed by atoms with van der Waals surface area (Å²) < 4.78 is 0. The minimum atomic E-state index is -0.314. The number of likely N-dealkylation sites (tertiary alicyclic amines) is 1. The molecule has 2 saturated heterocycles. The second-order valence-electron chi connectivity index (χ2n) is 5.85. The number of carbonyl (C=O) groups is 2. The maximum Gasteiger partial charge on any atom is 0.251 e. The first kappa shape index (κ1) is 14.1. The van der Waals surface area contributed by atoms with Gasteiger partial charge in [0.1, 0.15) is 5.75 Å². The molecule has 21 heavy (non-hydrogen) atoms. The molecule has 0 spiro atoms. The van der Waals surface area contributed by atoms with E-state index in [1.54, 1.807) is 19.1 Å². The lowest BCUT2D eigenvalue weighted by atomic mass is 10.1. The Labute approximate surface area is 124 Å². The summed E-state index contributed by atoms with van der Waals surface area (Å²) in [5.41, 5.74) is 1.32. The SMILES string of the molecule is Cc1cc(O)ccc1N1C(=O)CC(N2CCCCC2)C1=O. The topological polar surface area (TPSA) is 60.9 Å². The zero-order valence-corrected chi connectivity index (χ0v) is 12.2. The maximum atomic E-state index is 12.7. The Morgan fingerprint density at radius 1 is 1.14 bits per heavy atom. The molecule has 2 fully saturated rings. The number of aromatic hydroxyl groups is 1. The molecule has 0 bridgehead atoms. The van der Waals surface area contributed by atoms with E-state index in [2.05, 4.69) is 4.90 Å². The predicted octanol–water partition coefficient (Wildman–Crippen LogP) is 1.82. The van der Waals surface area contributed by atoms with Gasteiger partial charge in [0, 0.05) is 0 Å². The Balaban J connectivity index is 1.86. The van der Waals surface area contributed by atoms with Crippen LogP contribution in [-0.2, 0) is 9.59 Å². The van der Waals surface area contributed by atoms with Gasteiger partial charge in [0.05, 0.1) is 18.2 Å². The summed E-state index contributed by atoms with van der Waals surface area (Å²) >= 11 is 0. The van der Waals surface area contributed by atoms with Crippen molar-refractivity contribution in [2.24, 2.45) is 0 Å². The van der Waals surface area contributed by atoms with E-state index in [1.807, 2.05) is 0 Å². The summed E-state index contributed by atoms with van der Waals surface area (Å²) in [6.45, 7) is 3.59. The molecular formula is C16H20N2O3. The molecule has 1 atom stereocenters. The molecule has 0 aliphatic carbocycles. The molecule has 0 saturated carbocycles. The summed E-state index contributed by atoms with van der Waals surface area (Å²) in [5, 5.41) is 9.47. The van der Waals surface area contributed by atoms with Gasteiger partial charge in [-0.1, -0.05) is 6.42 Å². The number of carbonyl (C=O) groups excluding carboxylic acids is 2. The minimum Gasteiger partial charge on any atom is -0.508 e. The van der Waals surface area contributed by atoms with Crippen LogP contribution < -0.4 is 4.90 Å². The van der Waals surface area contributed by atoms with Crippen molar-refractivity contribution in [2.75, 3.05) is 18.0 Å². The molecule has 3 rings (SSSR count). The number of phenolic OH excluding ortho intramolecular Hbond substituents is 1. The Morgan fingerprint density at radius 3 is 2.52 bits per heavy atom. The predicted molar refractivity (Wildman–Crippen MR) is 79.2 cm³/mol. The minimum absolute atomic E-state index is 0.129. The lowest BCUT2D eigenvalue weighted by Gasteiger charge is -2.30. The van der Waals surface area contributed by atoms with Gasteiger partial charge in [-0.2, -0.15) is 0 Å². The molecule has 1 aromatic rings. The number of hydrogen-bond acceptors (Lipinski definition) is 4. The van der Waals surface area contributed by atoms with Crippen LogP contribution in [0, 0.1) is 6.92 Å². The van der Waals surface area contributed by atoms with Crippen molar-refractivity contribution < 1.29 is 14.7 Å². The third kappa shape index (κ3) is 2.53. The van der Waals surface area contributed by atoms with Gasteiger partial charge < -0.3 is 5.11 Å². The zero-order valence-electron chi connectivity index (χ0n) is 12.2. The molecule has 2 heterocycles. The summed E-state index contributed by atoms with van der Waals surface area (Å²) in [4.78, 5) is 28.4.